The van der Waals surface area contributed by atoms with Gasteiger partial charge in [0.25, 0.3) is 0 Å². The zero-order valence-corrected chi connectivity index (χ0v) is 13.7. The summed E-state index contributed by atoms with van der Waals surface area (Å²) in [5.74, 6) is 1.53. The van der Waals surface area contributed by atoms with Gasteiger partial charge in [-0.15, -0.1) is 6.58 Å². The molecule has 1 atom stereocenters. The fourth-order valence-electron chi connectivity index (χ4n) is 2.31. The monoisotopic (exact) mass is 287 g/mol. The maximum absolute atomic E-state index is 4.34. The van der Waals surface area contributed by atoms with Crippen LogP contribution in [0.15, 0.2) is 48.0 Å². The number of benzene rings is 1. The molecule has 3 heteroatoms. The van der Waals surface area contributed by atoms with Crippen LogP contribution in [0.4, 0.5) is 0 Å². The summed E-state index contributed by atoms with van der Waals surface area (Å²) in [7, 11) is 3.92. The third kappa shape index (κ3) is 6.48. The van der Waals surface area contributed by atoms with E-state index in [9.17, 15) is 0 Å². The molecule has 0 radical (unpaired) electrons. The molecule has 0 aliphatic rings. The molecule has 1 aromatic carbocycles. The van der Waals surface area contributed by atoms with E-state index in [0.717, 1.165) is 38.3 Å². The number of rotatable bonds is 8. The topological polar surface area (TPSA) is 27.6 Å². The van der Waals surface area contributed by atoms with Crippen LogP contribution in [-0.4, -0.2) is 38.0 Å². The van der Waals surface area contributed by atoms with E-state index in [0.29, 0.717) is 5.92 Å². The Hall–Kier alpha value is -1.77. The van der Waals surface area contributed by atoms with E-state index in [4.69, 9.17) is 0 Å². The summed E-state index contributed by atoms with van der Waals surface area (Å²) in [4.78, 5) is 6.52. The van der Waals surface area contributed by atoms with Crippen molar-refractivity contribution in [3.05, 3.63) is 48.6 Å². The Morgan fingerprint density at radius 2 is 2.10 bits per heavy atom. The molecule has 0 aromatic heterocycles. The van der Waals surface area contributed by atoms with Gasteiger partial charge in [0.2, 0.25) is 0 Å². The zero-order valence-electron chi connectivity index (χ0n) is 13.7. The number of guanidine groups is 1. The number of aliphatic imine (C=N–C) groups is 1. The van der Waals surface area contributed by atoms with Gasteiger partial charge in [-0.3, -0.25) is 4.99 Å². The average molecular weight is 287 g/mol. The van der Waals surface area contributed by atoms with Crippen LogP contribution in [0, 0.1) is 0 Å². The van der Waals surface area contributed by atoms with Crippen LogP contribution >= 0.6 is 0 Å². The zero-order chi connectivity index (χ0) is 15.5. The van der Waals surface area contributed by atoms with Crippen molar-refractivity contribution in [3.63, 3.8) is 0 Å². The maximum Gasteiger partial charge on any atom is 0.193 e. The summed E-state index contributed by atoms with van der Waals surface area (Å²) in [6.07, 6.45) is 5.22. The van der Waals surface area contributed by atoms with E-state index in [1.165, 1.54) is 5.56 Å². The predicted molar refractivity (Wildman–Crippen MR) is 92.9 cm³/mol. The maximum atomic E-state index is 4.34. The first-order valence-electron chi connectivity index (χ1n) is 7.76. The largest absolute Gasteiger partial charge is 0.356 e. The summed E-state index contributed by atoms with van der Waals surface area (Å²) < 4.78 is 0. The van der Waals surface area contributed by atoms with Crippen LogP contribution in [0.2, 0.25) is 0 Å². The van der Waals surface area contributed by atoms with Crippen LogP contribution in [0.5, 0.6) is 0 Å². The minimum absolute atomic E-state index is 0.558. The van der Waals surface area contributed by atoms with Crippen molar-refractivity contribution < 1.29 is 0 Å². The first kappa shape index (κ1) is 17.3. The first-order chi connectivity index (χ1) is 10.2. The quantitative estimate of drug-likeness (QED) is 0.342. The van der Waals surface area contributed by atoms with Crippen LogP contribution in [0.3, 0.4) is 0 Å². The van der Waals surface area contributed by atoms with Gasteiger partial charge >= 0.3 is 0 Å². The standard InChI is InChI=1S/C18H29N3/c1-5-6-10-15-21(4)18(19-3)20-14-13-16(2)17-11-8-7-9-12-17/h5,7-9,11-12,16H,1,6,10,13-15H2,2-4H3,(H,19,20). The highest BCUT2D eigenvalue weighted by molar-refractivity contribution is 5.79. The lowest BCUT2D eigenvalue weighted by molar-refractivity contribution is 0.467. The Labute approximate surface area is 129 Å². The minimum Gasteiger partial charge on any atom is -0.356 e. The van der Waals surface area contributed by atoms with Crippen molar-refractivity contribution >= 4 is 5.96 Å². The second kappa shape index (κ2) is 10.0. The van der Waals surface area contributed by atoms with Gasteiger partial charge in [-0.2, -0.15) is 0 Å². The van der Waals surface area contributed by atoms with Gasteiger partial charge in [-0.05, 0) is 30.7 Å². The Kier molecular flexibility index (Phi) is 8.25. The van der Waals surface area contributed by atoms with Crippen molar-refractivity contribution in [2.45, 2.75) is 32.1 Å². The van der Waals surface area contributed by atoms with E-state index in [1.54, 1.807) is 0 Å². The third-order valence-corrected chi connectivity index (χ3v) is 3.70. The molecule has 0 saturated carbocycles. The van der Waals surface area contributed by atoms with E-state index in [-0.39, 0.29) is 0 Å². The Morgan fingerprint density at radius 1 is 1.38 bits per heavy atom. The van der Waals surface area contributed by atoms with Crippen molar-refractivity contribution in [1.82, 2.24) is 10.2 Å². The fraction of sp³-hybridized carbons (Fsp3) is 0.500. The molecule has 0 bridgehead atoms. The van der Waals surface area contributed by atoms with E-state index in [1.807, 2.05) is 13.1 Å². The van der Waals surface area contributed by atoms with Gasteiger partial charge in [-0.1, -0.05) is 43.3 Å². The number of nitrogens with zero attached hydrogens (tertiary/aromatic N) is 2. The number of nitrogens with one attached hydrogen (secondary N) is 1. The molecule has 0 amide bonds. The van der Waals surface area contributed by atoms with Crippen molar-refractivity contribution in [1.29, 1.82) is 0 Å². The lowest BCUT2D eigenvalue weighted by Gasteiger charge is -2.22. The highest BCUT2D eigenvalue weighted by Crippen LogP contribution is 2.17. The van der Waals surface area contributed by atoms with E-state index < -0.39 is 0 Å². The molecule has 116 valence electrons. The lowest BCUT2D eigenvalue weighted by Crippen LogP contribution is -2.40. The summed E-state index contributed by atoms with van der Waals surface area (Å²) in [6.45, 7) is 7.97. The van der Waals surface area contributed by atoms with E-state index >= 15 is 0 Å². The minimum atomic E-state index is 0.558. The predicted octanol–water partition coefficient (Wildman–Crippen LogP) is 3.65. The lowest BCUT2D eigenvalue weighted by atomic mass is 9.98. The molecule has 3 nitrogen and oxygen atoms in total. The Balaban J connectivity index is 2.33. The molecule has 0 heterocycles. The molecule has 1 aromatic rings. The number of hydrogen-bond donors (Lipinski definition) is 1. The van der Waals surface area contributed by atoms with Crippen LogP contribution in [0.25, 0.3) is 0 Å². The van der Waals surface area contributed by atoms with Gasteiger partial charge < -0.3 is 10.2 Å². The molecule has 0 spiro atoms. The van der Waals surface area contributed by atoms with Crippen molar-refractivity contribution in [2.75, 3.05) is 27.2 Å². The fourth-order valence-corrected chi connectivity index (χ4v) is 2.31. The molecule has 0 aliphatic carbocycles. The van der Waals surface area contributed by atoms with Gasteiger partial charge in [0.1, 0.15) is 0 Å². The van der Waals surface area contributed by atoms with Gasteiger partial charge in [-0.25, -0.2) is 0 Å². The smallest absolute Gasteiger partial charge is 0.193 e. The molecule has 1 N–H and O–H groups in total. The van der Waals surface area contributed by atoms with Crippen LogP contribution < -0.4 is 5.32 Å². The van der Waals surface area contributed by atoms with Gasteiger partial charge in [0.05, 0.1) is 0 Å². The van der Waals surface area contributed by atoms with Gasteiger partial charge in [0, 0.05) is 27.2 Å². The van der Waals surface area contributed by atoms with Gasteiger partial charge in [0.15, 0.2) is 5.96 Å². The summed E-state index contributed by atoms with van der Waals surface area (Å²) in [5.41, 5.74) is 1.40. The second-order valence-corrected chi connectivity index (χ2v) is 5.43. The Bertz CT molecular complexity index is 425. The van der Waals surface area contributed by atoms with Crippen molar-refractivity contribution in [2.24, 2.45) is 4.99 Å². The molecule has 1 rings (SSSR count). The average Bonchev–Trinajstić information content (AvgIpc) is 2.52. The molecular formula is C18H29N3. The highest BCUT2D eigenvalue weighted by Gasteiger charge is 2.07. The molecule has 21 heavy (non-hydrogen) atoms. The first-order valence-corrected chi connectivity index (χ1v) is 7.76. The normalized spacial score (nSPS) is 12.8. The number of hydrogen-bond acceptors (Lipinski definition) is 1. The van der Waals surface area contributed by atoms with Crippen LogP contribution in [-0.2, 0) is 0 Å². The molecule has 1 unspecified atom stereocenters. The second-order valence-electron chi connectivity index (χ2n) is 5.43. The molecular weight excluding hydrogens is 258 g/mol. The third-order valence-electron chi connectivity index (χ3n) is 3.70. The molecule has 0 saturated heterocycles. The molecule has 0 aliphatic heterocycles. The number of allylic oxidation sites excluding steroid dienone is 1. The number of unbranched alkanes of at least 4 members (excludes halogenated alkanes) is 1. The SMILES string of the molecule is C=CCCCN(C)C(=NC)NCCC(C)c1ccccc1. The Morgan fingerprint density at radius 3 is 2.71 bits per heavy atom. The summed E-state index contributed by atoms with van der Waals surface area (Å²) in [5, 5.41) is 3.45. The van der Waals surface area contributed by atoms with Crippen LogP contribution in [0.1, 0.15) is 37.7 Å². The van der Waals surface area contributed by atoms with E-state index in [2.05, 4.69) is 66.1 Å². The summed E-state index contributed by atoms with van der Waals surface area (Å²) >= 11 is 0. The van der Waals surface area contributed by atoms with Crippen molar-refractivity contribution in [3.8, 4) is 0 Å². The highest BCUT2D eigenvalue weighted by atomic mass is 15.3. The molecule has 0 fully saturated rings. The summed E-state index contributed by atoms with van der Waals surface area (Å²) in [6, 6.07) is 10.7.